The van der Waals surface area contributed by atoms with Crippen LogP contribution in [-0.2, 0) is 27.9 Å². The highest BCUT2D eigenvalue weighted by molar-refractivity contribution is 6.74. The molecule has 8 atom stereocenters. The third-order valence-corrected chi connectivity index (χ3v) is 21.2. The van der Waals surface area contributed by atoms with Gasteiger partial charge in [0.2, 0.25) is 0 Å². The van der Waals surface area contributed by atoms with E-state index in [1.807, 2.05) is 44.2 Å². The van der Waals surface area contributed by atoms with Crippen molar-refractivity contribution in [2.45, 2.75) is 149 Å². The number of cyclic esters (lactones) is 1. The lowest BCUT2D eigenvalue weighted by Gasteiger charge is -2.46. The van der Waals surface area contributed by atoms with Gasteiger partial charge in [0.25, 0.3) is 0 Å². The van der Waals surface area contributed by atoms with Crippen LogP contribution in [0.1, 0.15) is 88.0 Å². The van der Waals surface area contributed by atoms with E-state index in [1.165, 1.54) is 0 Å². The number of benzene rings is 1. The van der Waals surface area contributed by atoms with Crippen LogP contribution in [0.4, 0.5) is 0 Å². The van der Waals surface area contributed by atoms with Gasteiger partial charge in [-0.05, 0) is 78.6 Å². The third-order valence-electron chi connectivity index (χ3n) is 12.2. The maximum atomic E-state index is 14.1. The van der Waals surface area contributed by atoms with Gasteiger partial charge in [-0.25, -0.2) is 4.79 Å². The molecule has 9 heteroatoms. The average Bonchev–Trinajstić information content (AvgIpc) is 2.99. The first kappa shape index (κ1) is 40.6. The highest BCUT2D eigenvalue weighted by Crippen LogP contribution is 2.47. The Balaban J connectivity index is 1.63. The van der Waals surface area contributed by atoms with Crippen LogP contribution in [0.2, 0.25) is 36.3 Å². The van der Waals surface area contributed by atoms with Crippen molar-refractivity contribution in [1.82, 2.24) is 0 Å². The molecule has 1 aromatic carbocycles. The average molecular weight is 727 g/mol. The zero-order valence-corrected chi connectivity index (χ0v) is 35.2. The number of carbonyl (C=O) groups excluding carboxylic acids is 2. The Kier molecular flexibility index (Phi) is 12.8. The molecule has 280 valence electrons. The molecule has 1 heterocycles. The van der Waals surface area contributed by atoms with Gasteiger partial charge in [0.1, 0.15) is 11.9 Å². The number of hydrogen-bond donors (Lipinski definition) is 0. The minimum absolute atomic E-state index is 0.0258. The summed E-state index contributed by atoms with van der Waals surface area (Å²) in [5, 5.41) is 0.0828. The Morgan fingerprint density at radius 2 is 1.54 bits per heavy atom. The number of allylic oxidation sites excluding steroid dienone is 2. The maximum absolute atomic E-state index is 14.1. The van der Waals surface area contributed by atoms with Crippen molar-refractivity contribution in [2.24, 2.45) is 29.6 Å². The molecule has 1 saturated heterocycles. The predicted octanol–water partition coefficient (Wildman–Crippen LogP) is 9.89. The zero-order valence-electron chi connectivity index (χ0n) is 33.2. The minimum atomic E-state index is -2.12. The lowest BCUT2D eigenvalue weighted by atomic mass is 9.66. The van der Waals surface area contributed by atoms with Crippen LogP contribution in [0.15, 0.2) is 54.1 Å². The fraction of sp³-hybridized carbons (Fsp3) is 0.707. The van der Waals surface area contributed by atoms with Gasteiger partial charge in [-0.15, -0.1) is 0 Å². The number of para-hydroxylation sites is 1. The number of ether oxygens (including phenoxy) is 3. The van der Waals surface area contributed by atoms with E-state index in [9.17, 15) is 9.59 Å². The molecular weight excluding hydrogens is 661 g/mol. The molecule has 4 rings (SSSR count). The molecule has 3 unspecified atom stereocenters. The Labute approximate surface area is 305 Å². The van der Waals surface area contributed by atoms with E-state index in [0.717, 1.165) is 18.4 Å². The van der Waals surface area contributed by atoms with Gasteiger partial charge in [-0.2, -0.15) is 0 Å². The van der Waals surface area contributed by atoms with E-state index >= 15 is 0 Å². The van der Waals surface area contributed by atoms with Crippen LogP contribution >= 0.6 is 0 Å². The van der Waals surface area contributed by atoms with Crippen molar-refractivity contribution in [3.05, 3.63) is 54.1 Å². The van der Waals surface area contributed by atoms with Gasteiger partial charge in [-0.3, -0.25) is 4.79 Å². The largest absolute Gasteiger partial charge is 0.478 e. The van der Waals surface area contributed by atoms with Crippen LogP contribution in [-0.4, -0.2) is 59.6 Å². The summed E-state index contributed by atoms with van der Waals surface area (Å²) >= 11 is 0. The van der Waals surface area contributed by atoms with Crippen molar-refractivity contribution >= 4 is 28.6 Å². The molecule has 2 aliphatic carbocycles. The summed E-state index contributed by atoms with van der Waals surface area (Å²) in [4.78, 5) is 27.4. The summed E-state index contributed by atoms with van der Waals surface area (Å²) in [5.41, 5.74) is 1.16. The van der Waals surface area contributed by atoms with E-state index in [2.05, 4.69) is 92.9 Å². The lowest BCUT2D eigenvalue weighted by molar-refractivity contribution is -0.165. The van der Waals surface area contributed by atoms with E-state index < -0.39 is 28.8 Å². The molecule has 0 radical (unpaired) electrons. The normalized spacial score (nSPS) is 28.4. The third kappa shape index (κ3) is 9.61. The van der Waals surface area contributed by atoms with Gasteiger partial charge in [0, 0.05) is 24.7 Å². The first-order valence-corrected chi connectivity index (χ1v) is 24.8. The quantitative estimate of drug-likeness (QED) is 0.157. The molecule has 0 bridgehead atoms. The van der Waals surface area contributed by atoms with Crippen LogP contribution in [0.25, 0.3) is 0 Å². The van der Waals surface area contributed by atoms with Gasteiger partial charge >= 0.3 is 11.9 Å². The highest BCUT2D eigenvalue weighted by atomic mass is 28.4. The molecule has 7 nitrogen and oxygen atoms in total. The minimum Gasteiger partial charge on any atom is -0.478 e. The zero-order chi connectivity index (χ0) is 37.2. The second kappa shape index (κ2) is 15.8. The monoisotopic (exact) mass is 726 g/mol. The molecule has 0 aromatic heterocycles. The second-order valence-electron chi connectivity index (χ2n) is 18.4. The summed E-state index contributed by atoms with van der Waals surface area (Å²) in [7, 11) is -4.22. The molecule has 1 aromatic rings. The topological polar surface area (TPSA) is 80.3 Å². The number of esters is 2. The van der Waals surface area contributed by atoms with E-state index in [1.54, 1.807) is 0 Å². The number of fused-ring (bicyclic) bond motifs is 1. The first-order valence-electron chi connectivity index (χ1n) is 19.0. The summed E-state index contributed by atoms with van der Waals surface area (Å²) < 4.78 is 32.3. The fourth-order valence-corrected chi connectivity index (χ4v) is 9.70. The van der Waals surface area contributed by atoms with E-state index in [-0.39, 0.29) is 63.8 Å². The van der Waals surface area contributed by atoms with Crippen LogP contribution in [0, 0.1) is 29.6 Å². The first-order chi connectivity index (χ1) is 23.1. The Morgan fingerprint density at radius 1 is 0.920 bits per heavy atom. The second-order valence-corrected chi connectivity index (χ2v) is 27.9. The number of rotatable bonds is 12. The van der Waals surface area contributed by atoms with Gasteiger partial charge in [0.05, 0.1) is 24.7 Å². The summed E-state index contributed by atoms with van der Waals surface area (Å²) in [5.74, 6) is 0.118. The molecule has 3 aliphatic rings. The molecule has 0 N–H and O–H groups in total. The van der Waals surface area contributed by atoms with Crippen molar-refractivity contribution in [2.75, 3.05) is 6.61 Å². The van der Waals surface area contributed by atoms with Crippen LogP contribution in [0.3, 0.4) is 0 Å². The van der Waals surface area contributed by atoms with Crippen molar-refractivity contribution in [3.8, 4) is 5.75 Å². The molecular formula is C41H66O7Si2. The fourth-order valence-electron chi connectivity index (χ4n) is 7.03. The SMILES string of the molecule is CC(C)C(Oc1ccccc1)C(=O)O[C@H]1C[C@H](O[Si](C)(C)C(C)(C)C)C=C2C=C[C@H](C)[C@H](CCC3C(=O)OCCC3O[Si](C)(C)C(C)(C)C)[C@H]21. The Hall–Kier alpha value is -2.21. The van der Waals surface area contributed by atoms with Gasteiger partial charge < -0.3 is 23.1 Å². The van der Waals surface area contributed by atoms with Crippen LogP contribution < -0.4 is 4.74 Å². The van der Waals surface area contributed by atoms with Gasteiger partial charge in [-0.1, -0.05) is 98.7 Å². The summed E-state index contributed by atoms with van der Waals surface area (Å²) in [6.45, 7) is 29.1. The van der Waals surface area contributed by atoms with Crippen molar-refractivity contribution in [3.63, 3.8) is 0 Å². The van der Waals surface area contributed by atoms with E-state index in [0.29, 0.717) is 25.2 Å². The number of carbonyl (C=O) groups is 2. The molecule has 50 heavy (non-hydrogen) atoms. The smallest absolute Gasteiger partial charge is 0.347 e. The Bertz CT molecular complexity index is 1370. The summed E-state index contributed by atoms with van der Waals surface area (Å²) in [6.07, 6.45) is 8.09. The molecule has 1 fully saturated rings. The molecule has 0 amide bonds. The Morgan fingerprint density at radius 3 is 2.14 bits per heavy atom. The van der Waals surface area contributed by atoms with E-state index in [4.69, 9.17) is 23.1 Å². The molecule has 1 aliphatic heterocycles. The predicted molar refractivity (Wildman–Crippen MR) is 206 cm³/mol. The van der Waals surface area contributed by atoms with Gasteiger partial charge in [0.15, 0.2) is 22.7 Å². The maximum Gasteiger partial charge on any atom is 0.347 e. The molecule has 0 spiro atoms. The summed E-state index contributed by atoms with van der Waals surface area (Å²) in [6, 6.07) is 9.48. The van der Waals surface area contributed by atoms with Crippen molar-refractivity contribution < 1.29 is 32.7 Å². The standard InChI is InChI=1S/C41H66O7Si2/c1-27(2)37(45-30-17-15-14-16-18-30)39(43)46-35-26-31(47-49(10,11)40(4,5)6)25-29-20-19-28(3)32(36(29)35)21-22-33-34(23-24-44-38(33)42)48-50(12,13)41(7,8)9/h14-20,25,27-28,31-37H,21-24,26H2,1-13H3/t28-,31+,32-,33?,34?,35-,36-,37?/m0/s1. The highest BCUT2D eigenvalue weighted by Gasteiger charge is 2.48. The molecule has 0 saturated carbocycles. The van der Waals surface area contributed by atoms with Crippen molar-refractivity contribution in [1.29, 1.82) is 0 Å². The lowest BCUT2D eigenvalue weighted by Crippen LogP contribution is -2.50. The van der Waals surface area contributed by atoms with Crippen LogP contribution in [0.5, 0.6) is 5.75 Å². The number of hydrogen-bond acceptors (Lipinski definition) is 7.